The Labute approximate surface area is 186 Å². The number of hydrogen-bond acceptors (Lipinski definition) is 3. The van der Waals surface area contributed by atoms with Gasteiger partial charge in [0.25, 0.3) is 0 Å². The molecule has 1 aliphatic heterocycles. The first-order valence-corrected chi connectivity index (χ1v) is 10.8. The average Bonchev–Trinajstić information content (AvgIpc) is 3.05. The largest absolute Gasteiger partial charge is 0.480 e. The molecule has 4 aliphatic rings. The number of benzene rings is 3. The van der Waals surface area contributed by atoms with Crippen LogP contribution in [0.1, 0.15) is 28.2 Å². The van der Waals surface area contributed by atoms with Crippen molar-refractivity contribution in [2.75, 3.05) is 4.90 Å². The smallest absolute Gasteiger partial charge is 0.319 e. The number of aliphatic carboxylic acids is 1. The highest BCUT2D eigenvalue weighted by molar-refractivity contribution is 9.10. The Balaban J connectivity index is 1.67. The van der Waals surface area contributed by atoms with Crippen LogP contribution in [0.4, 0.5) is 5.69 Å². The SMILES string of the molecule is O=C1[C@@H]2C3c4ccccc4C(C(=O)O)(c4ccccc43)[C@H]2C(=O)N1c1ccc(Br)cc1. The van der Waals surface area contributed by atoms with Crippen molar-refractivity contribution in [3.63, 3.8) is 0 Å². The molecule has 7 rings (SSSR count). The maximum atomic E-state index is 13.8. The molecule has 2 bridgehead atoms. The molecule has 3 aliphatic carbocycles. The van der Waals surface area contributed by atoms with E-state index < -0.39 is 29.1 Å². The van der Waals surface area contributed by atoms with Gasteiger partial charge in [-0.15, -0.1) is 0 Å². The number of carbonyl (C=O) groups is 3. The highest BCUT2D eigenvalue weighted by Gasteiger charge is 2.71. The summed E-state index contributed by atoms with van der Waals surface area (Å²) >= 11 is 3.37. The summed E-state index contributed by atoms with van der Waals surface area (Å²) in [6.45, 7) is 0. The summed E-state index contributed by atoms with van der Waals surface area (Å²) in [6.07, 6.45) is 0. The van der Waals surface area contributed by atoms with Crippen LogP contribution < -0.4 is 4.90 Å². The van der Waals surface area contributed by atoms with E-state index in [0.29, 0.717) is 16.8 Å². The molecule has 31 heavy (non-hydrogen) atoms. The van der Waals surface area contributed by atoms with Gasteiger partial charge in [-0.25, -0.2) is 4.90 Å². The van der Waals surface area contributed by atoms with E-state index in [1.807, 2.05) is 24.3 Å². The molecule has 0 aromatic heterocycles. The van der Waals surface area contributed by atoms with Gasteiger partial charge in [-0.2, -0.15) is 0 Å². The molecular weight excluding hydrogens is 458 g/mol. The van der Waals surface area contributed by atoms with Crippen molar-refractivity contribution in [3.05, 3.63) is 99.5 Å². The van der Waals surface area contributed by atoms with Gasteiger partial charge < -0.3 is 5.11 Å². The summed E-state index contributed by atoms with van der Waals surface area (Å²) in [4.78, 5) is 41.7. The van der Waals surface area contributed by atoms with Gasteiger partial charge in [-0.3, -0.25) is 14.4 Å². The Morgan fingerprint density at radius 2 is 1.39 bits per heavy atom. The number of hydrogen-bond donors (Lipinski definition) is 1. The quantitative estimate of drug-likeness (QED) is 0.568. The summed E-state index contributed by atoms with van der Waals surface area (Å²) in [5, 5.41) is 10.7. The van der Waals surface area contributed by atoms with Crippen LogP contribution in [0.15, 0.2) is 77.3 Å². The van der Waals surface area contributed by atoms with Gasteiger partial charge in [0.15, 0.2) is 0 Å². The van der Waals surface area contributed by atoms with E-state index in [0.717, 1.165) is 15.6 Å². The lowest BCUT2D eigenvalue weighted by Crippen LogP contribution is -2.57. The standard InChI is InChI=1S/C25H16BrNO4/c26-13-9-11-14(12-10-13)27-22(28)20-19-15-5-1-3-7-17(15)25(24(30)31,21(20)23(27)29)18-8-4-2-6-16(18)19/h1-12,19-21H,(H,30,31)/t19?,20-,21-,25?/m1/s1. The van der Waals surface area contributed by atoms with Gasteiger partial charge in [-0.1, -0.05) is 64.5 Å². The number of amides is 2. The third kappa shape index (κ3) is 2.08. The van der Waals surface area contributed by atoms with Gasteiger partial charge in [0, 0.05) is 10.4 Å². The summed E-state index contributed by atoms with van der Waals surface area (Å²) < 4.78 is 0.828. The molecule has 0 saturated carbocycles. The zero-order valence-electron chi connectivity index (χ0n) is 16.2. The molecule has 0 unspecified atom stereocenters. The normalized spacial score (nSPS) is 27.6. The third-order valence-corrected chi connectivity index (χ3v) is 7.57. The van der Waals surface area contributed by atoms with E-state index in [9.17, 15) is 19.5 Å². The number of imide groups is 1. The number of rotatable bonds is 2. The topological polar surface area (TPSA) is 74.7 Å². The summed E-state index contributed by atoms with van der Waals surface area (Å²) in [5.41, 5.74) is 1.74. The summed E-state index contributed by atoms with van der Waals surface area (Å²) in [7, 11) is 0. The second kappa shape index (κ2) is 6.14. The number of nitrogens with zero attached hydrogens (tertiary/aromatic N) is 1. The zero-order valence-corrected chi connectivity index (χ0v) is 17.7. The van der Waals surface area contributed by atoms with E-state index in [1.54, 1.807) is 48.5 Å². The fraction of sp³-hybridized carbons (Fsp3) is 0.160. The molecule has 0 spiro atoms. The number of halogens is 1. The zero-order chi connectivity index (χ0) is 21.5. The van der Waals surface area contributed by atoms with E-state index in [-0.39, 0.29) is 11.8 Å². The van der Waals surface area contributed by atoms with E-state index in [4.69, 9.17) is 0 Å². The number of carboxylic acid groups (broad SMARTS) is 1. The Kier molecular flexibility index (Phi) is 3.67. The van der Waals surface area contributed by atoms with Gasteiger partial charge in [0.1, 0.15) is 5.41 Å². The monoisotopic (exact) mass is 473 g/mol. The van der Waals surface area contributed by atoms with Crippen molar-refractivity contribution in [1.82, 2.24) is 0 Å². The number of carboxylic acids is 1. The Morgan fingerprint density at radius 3 is 1.94 bits per heavy atom. The van der Waals surface area contributed by atoms with Crippen LogP contribution in [0.5, 0.6) is 0 Å². The maximum absolute atomic E-state index is 13.8. The van der Waals surface area contributed by atoms with Gasteiger partial charge in [0.2, 0.25) is 11.8 Å². The van der Waals surface area contributed by atoms with E-state index in [2.05, 4.69) is 15.9 Å². The molecule has 6 heteroatoms. The van der Waals surface area contributed by atoms with E-state index in [1.165, 1.54) is 4.90 Å². The fourth-order valence-corrected chi connectivity index (χ4v) is 6.24. The minimum Gasteiger partial charge on any atom is -0.480 e. The molecule has 2 amide bonds. The molecule has 2 atom stereocenters. The highest BCUT2D eigenvalue weighted by atomic mass is 79.9. The van der Waals surface area contributed by atoms with Crippen LogP contribution >= 0.6 is 15.9 Å². The molecule has 0 radical (unpaired) electrons. The summed E-state index contributed by atoms with van der Waals surface area (Å²) in [6, 6.07) is 21.6. The molecule has 3 aromatic carbocycles. The van der Waals surface area contributed by atoms with Crippen molar-refractivity contribution in [3.8, 4) is 0 Å². The lowest BCUT2D eigenvalue weighted by molar-refractivity contribution is -0.149. The van der Waals surface area contributed by atoms with Crippen molar-refractivity contribution < 1.29 is 19.5 Å². The fourth-order valence-electron chi connectivity index (χ4n) is 5.98. The predicted molar refractivity (Wildman–Crippen MR) is 117 cm³/mol. The van der Waals surface area contributed by atoms with Crippen LogP contribution in [0.3, 0.4) is 0 Å². The maximum Gasteiger partial charge on any atom is 0.319 e. The Hall–Kier alpha value is -3.25. The van der Waals surface area contributed by atoms with Crippen LogP contribution in [0.25, 0.3) is 0 Å². The lowest BCUT2D eigenvalue weighted by atomic mass is 9.47. The molecular formula is C25H16BrNO4. The minimum absolute atomic E-state index is 0.336. The Bertz CT molecular complexity index is 1250. The molecule has 152 valence electrons. The second-order valence-electron chi connectivity index (χ2n) is 8.26. The van der Waals surface area contributed by atoms with E-state index >= 15 is 0 Å². The first kappa shape index (κ1) is 18.5. The van der Waals surface area contributed by atoms with Crippen molar-refractivity contribution in [2.45, 2.75) is 11.3 Å². The van der Waals surface area contributed by atoms with Crippen molar-refractivity contribution >= 4 is 39.4 Å². The molecule has 1 saturated heterocycles. The number of anilines is 1. The van der Waals surface area contributed by atoms with Crippen LogP contribution in [0.2, 0.25) is 0 Å². The molecule has 1 N–H and O–H groups in total. The Morgan fingerprint density at radius 1 is 0.839 bits per heavy atom. The van der Waals surface area contributed by atoms with Crippen LogP contribution in [0, 0.1) is 11.8 Å². The first-order valence-electron chi connectivity index (χ1n) is 10.0. The molecule has 3 aromatic rings. The minimum atomic E-state index is -1.59. The molecule has 1 fully saturated rings. The molecule has 1 heterocycles. The van der Waals surface area contributed by atoms with Crippen LogP contribution in [-0.4, -0.2) is 22.9 Å². The average molecular weight is 474 g/mol. The van der Waals surface area contributed by atoms with Crippen molar-refractivity contribution in [1.29, 1.82) is 0 Å². The summed E-state index contributed by atoms with van der Waals surface area (Å²) in [5.74, 6) is -3.98. The number of carbonyl (C=O) groups excluding carboxylic acids is 2. The predicted octanol–water partition coefficient (Wildman–Crippen LogP) is 4.08. The van der Waals surface area contributed by atoms with Gasteiger partial charge >= 0.3 is 5.97 Å². The van der Waals surface area contributed by atoms with Crippen molar-refractivity contribution in [2.24, 2.45) is 11.8 Å². The highest BCUT2D eigenvalue weighted by Crippen LogP contribution is 2.64. The van der Waals surface area contributed by atoms with Gasteiger partial charge in [0.05, 0.1) is 17.5 Å². The molecule has 5 nitrogen and oxygen atoms in total. The van der Waals surface area contributed by atoms with Crippen LogP contribution in [-0.2, 0) is 19.8 Å². The third-order valence-electron chi connectivity index (χ3n) is 7.04. The lowest BCUT2D eigenvalue weighted by Gasteiger charge is -2.51. The van der Waals surface area contributed by atoms with Gasteiger partial charge in [-0.05, 0) is 46.5 Å². The first-order chi connectivity index (χ1) is 15.0. The second-order valence-corrected chi connectivity index (χ2v) is 9.17.